The van der Waals surface area contributed by atoms with Crippen LogP contribution in [0.4, 0.5) is 5.69 Å². The van der Waals surface area contributed by atoms with Gasteiger partial charge in [-0.1, -0.05) is 6.92 Å². The third-order valence-corrected chi connectivity index (χ3v) is 5.12. The van der Waals surface area contributed by atoms with Crippen molar-refractivity contribution in [1.82, 2.24) is 18.9 Å². The van der Waals surface area contributed by atoms with Gasteiger partial charge in [0.05, 0.1) is 6.20 Å². The number of nitrogens with one attached hydrogen (secondary N) is 1. The summed E-state index contributed by atoms with van der Waals surface area (Å²) in [6, 6.07) is 1.74. The summed E-state index contributed by atoms with van der Waals surface area (Å²) >= 11 is 0. The number of nitrogens with zero attached hydrogens (tertiary/aromatic N) is 4. The van der Waals surface area contributed by atoms with Crippen LogP contribution in [-0.2, 0) is 10.2 Å². The van der Waals surface area contributed by atoms with Gasteiger partial charge in [-0.3, -0.25) is 4.72 Å². The van der Waals surface area contributed by atoms with Crippen LogP contribution in [0.15, 0.2) is 24.7 Å². The van der Waals surface area contributed by atoms with E-state index in [-0.39, 0.29) is 0 Å². The molecule has 20 heavy (non-hydrogen) atoms. The SMILES string of the molecule is CC1CCN(S(=O)(=O)Nc2cnn3cccnc23)CC1. The molecule has 0 amide bonds. The molecule has 1 aliphatic heterocycles. The summed E-state index contributed by atoms with van der Waals surface area (Å²) in [7, 11) is -3.53. The van der Waals surface area contributed by atoms with E-state index >= 15 is 0 Å². The Kier molecular flexibility index (Phi) is 3.35. The highest BCUT2D eigenvalue weighted by Crippen LogP contribution is 2.21. The number of rotatable bonds is 3. The molecule has 0 radical (unpaired) electrons. The minimum Gasteiger partial charge on any atom is -0.265 e. The lowest BCUT2D eigenvalue weighted by atomic mass is 10.0. The first-order valence-electron chi connectivity index (χ1n) is 6.62. The zero-order chi connectivity index (χ0) is 14.2. The van der Waals surface area contributed by atoms with Crippen LogP contribution >= 0.6 is 0 Å². The van der Waals surface area contributed by atoms with Crippen molar-refractivity contribution in [2.75, 3.05) is 17.8 Å². The molecule has 2 aromatic heterocycles. The number of fused-ring (bicyclic) bond motifs is 1. The van der Waals surface area contributed by atoms with Gasteiger partial charge in [0.25, 0.3) is 0 Å². The van der Waals surface area contributed by atoms with Crippen LogP contribution in [0.3, 0.4) is 0 Å². The molecular formula is C12H17N5O2S. The summed E-state index contributed by atoms with van der Waals surface area (Å²) in [5.41, 5.74) is 0.908. The second kappa shape index (κ2) is 5.02. The van der Waals surface area contributed by atoms with Gasteiger partial charge in [0.15, 0.2) is 5.65 Å². The molecular weight excluding hydrogens is 278 g/mol. The topological polar surface area (TPSA) is 79.6 Å². The van der Waals surface area contributed by atoms with E-state index in [1.54, 1.807) is 18.5 Å². The Morgan fingerprint density at radius 3 is 2.85 bits per heavy atom. The smallest absolute Gasteiger partial charge is 0.265 e. The molecule has 0 bridgehead atoms. The molecule has 8 heteroatoms. The van der Waals surface area contributed by atoms with Crippen LogP contribution in [0, 0.1) is 5.92 Å². The maximum Gasteiger partial charge on any atom is 0.301 e. The Labute approximate surface area is 117 Å². The van der Waals surface area contributed by atoms with Crippen molar-refractivity contribution in [2.24, 2.45) is 5.92 Å². The summed E-state index contributed by atoms with van der Waals surface area (Å²) in [5, 5.41) is 4.07. The predicted octanol–water partition coefficient (Wildman–Crippen LogP) is 1.12. The van der Waals surface area contributed by atoms with Crippen LogP contribution in [0.25, 0.3) is 5.65 Å². The maximum atomic E-state index is 12.4. The second-order valence-corrected chi connectivity index (χ2v) is 6.81. The van der Waals surface area contributed by atoms with Crippen molar-refractivity contribution in [3.63, 3.8) is 0 Å². The minimum absolute atomic E-state index is 0.407. The molecule has 0 aliphatic carbocycles. The molecule has 7 nitrogen and oxygen atoms in total. The lowest BCUT2D eigenvalue weighted by molar-refractivity contribution is 0.289. The van der Waals surface area contributed by atoms with Gasteiger partial charge in [0, 0.05) is 25.5 Å². The van der Waals surface area contributed by atoms with Crippen molar-refractivity contribution < 1.29 is 8.42 Å². The first-order valence-corrected chi connectivity index (χ1v) is 8.06. The summed E-state index contributed by atoms with van der Waals surface area (Å²) < 4.78 is 30.3. The first-order chi connectivity index (χ1) is 9.56. The summed E-state index contributed by atoms with van der Waals surface area (Å²) in [6.07, 6.45) is 6.61. The van der Waals surface area contributed by atoms with Crippen molar-refractivity contribution >= 4 is 21.5 Å². The van der Waals surface area contributed by atoms with E-state index in [9.17, 15) is 8.42 Å². The summed E-state index contributed by atoms with van der Waals surface area (Å²) in [4.78, 5) is 4.14. The lowest BCUT2D eigenvalue weighted by Gasteiger charge is -2.29. The Morgan fingerprint density at radius 2 is 2.10 bits per heavy atom. The van der Waals surface area contributed by atoms with Crippen molar-refractivity contribution in [3.8, 4) is 0 Å². The van der Waals surface area contributed by atoms with E-state index in [4.69, 9.17) is 0 Å². The molecule has 3 rings (SSSR count). The highest BCUT2D eigenvalue weighted by molar-refractivity contribution is 7.90. The van der Waals surface area contributed by atoms with Gasteiger partial charge in [-0.25, -0.2) is 9.50 Å². The molecule has 0 unspecified atom stereocenters. The minimum atomic E-state index is -3.53. The summed E-state index contributed by atoms with van der Waals surface area (Å²) in [5.74, 6) is 0.583. The van der Waals surface area contributed by atoms with Gasteiger partial charge in [-0.15, -0.1) is 0 Å². The van der Waals surface area contributed by atoms with Gasteiger partial charge < -0.3 is 0 Å². The average Bonchev–Trinajstić information content (AvgIpc) is 2.82. The number of piperidine rings is 1. The Bertz CT molecular complexity index is 703. The molecule has 0 spiro atoms. The molecule has 0 aromatic carbocycles. The molecule has 108 valence electrons. The number of hydrogen-bond acceptors (Lipinski definition) is 4. The Balaban J connectivity index is 1.83. The van der Waals surface area contributed by atoms with E-state index in [2.05, 4.69) is 21.7 Å². The molecule has 1 N–H and O–H groups in total. The Hall–Kier alpha value is -1.67. The standard InChI is InChI=1S/C12H17N5O2S/c1-10-3-7-16(8-4-10)20(18,19)15-11-9-14-17-6-2-5-13-12(11)17/h2,5-6,9-10,15H,3-4,7-8H2,1H3. The molecule has 1 fully saturated rings. The van der Waals surface area contributed by atoms with Gasteiger partial charge in [0.1, 0.15) is 5.69 Å². The largest absolute Gasteiger partial charge is 0.301 e. The second-order valence-electron chi connectivity index (χ2n) is 5.13. The van der Waals surface area contributed by atoms with Crippen LogP contribution in [0.1, 0.15) is 19.8 Å². The molecule has 2 aromatic rings. The van der Waals surface area contributed by atoms with Gasteiger partial charge in [0.2, 0.25) is 0 Å². The van der Waals surface area contributed by atoms with Gasteiger partial charge >= 0.3 is 10.2 Å². The van der Waals surface area contributed by atoms with Crippen molar-refractivity contribution in [1.29, 1.82) is 0 Å². The van der Waals surface area contributed by atoms with E-state index in [1.807, 2.05) is 0 Å². The maximum absolute atomic E-state index is 12.4. The fraction of sp³-hybridized carbons (Fsp3) is 0.500. The van der Waals surface area contributed by atoms with Crippen LogP contribution in [0.2, 0.25) is 0 Å². The summed E-state index contributed by atoms with van der Waals surface area (Å²) in [6.45, 7) is 3.26. The molecule has 3 heterocycles. The highest BCUT2D eigenvalue weighted by atomic mass is 32.2. The third kappa shape index (κ3) is 2.48. The quantitative estimate of drug-likeness (QED) is 0.920. The van der Waals surface area contributed by atoms with E-state index < -0.39 is 10.2 Å². The zero-order valence-corrected chi connectivity index (χ0v) is 12.0. The lowest BCUT2D eigenvalue weighted by Crippen LogP contribution is -2.41. The number of hydrogen-bond donors (Lipinski definition) is 1. The fourth-order valence-electron chi connectivity index (χ4n) is 2.33. The third-order valence-electron chi connectivity index (χ3n) is 3.60. The first kappa shape index (κ1) is 13.3. The van der Waals surface area contributed by atoms with Gasteiger partial charge in [-0.2, -0.15) is 17.8 Å². The van der Waals surface area contributed by atoms with Crippen molar-refractivity contribution in [2.45, 2.75) is 19.8 Å². The number of anilines is 1. The van der Waals surface area contributed by atoms with Crippen LogP contribution in [-0.4, -0.2) is 40.4 Å². The molecule has 0 saturated carbocycles. The van der Waals surface area contributed by atoms with Crippen LogP contribution < -0.4 is 4.72 Å². The highest BCUT2D eigenvalue weighted by Gasteiger charge is 2.27. The number of aromatic nitrogens is 3. The van der Waals surface area contributed by atoms with Crippen molar-refractivity contribution in [3.05, 3.63) is 24.7 Å². The fourth-order valence-corrected chi connectivity index (χ4v) is 3.57. The predicted molar refractivity (Wildman–Crippen MR) is 75.5 cm³/mol. The van der Waals surface area contributed by atoms with Crippen LogP contribution in [0.5, 0.6) is 0 Å². The molecule has 1 saturated heterocycles. The molecule has 1 aliphatic rings. The van der Waals surface area contributed by atoms with E-state index in [1.165, 1.54) is 15.0 Å². The Morgan fingerprint density at radius 1 is 1.35 bits per heavy atom. The normalized spacial score (nSPS) is 18.4. The molecule has 0 atom stereocenters. The van der Waals surface area contributed by atoms with E-state index in [0.717, 1.165) is 12.8 Å². The zero-order valence-electron chi connectivity index (χ0n) is 11.2. The monoisotopic (exact) mass is 295 g/mol. The van der Waals surface area contributed by atoms with E-state index in [0.29, 0.717) is 30.3 Å². The average molecular weight is 295 g/mol. The van der Waals surface area contributed by atoms with Gasteiger partial charge in [-0.05, 0) is 24.8 Å².